The molecule has 1 rings (SSSR count). The third kappa shape index (κ3) is 4.29. The Morgan fingerprint density at radius 1 is 1.65 bits per heavy atom. The van der Waals surface area contributed by atoms with Crippen LogP contribution in [0.3, 0.4) is 0 Å². The van der Waals surface area contributed by atoms with Crippen LogP contribution >= 0.6 is 0 Å². The third-order valence-electron chi connectivity index (χ3n) is 1.73. The second-order valence-corrected chi connectivity index (χ2v) is 2.94. The van der Waals surface area contributed by atoms with Gasteiger partial charge in [-0.15, -0.1) is 0 Å². The first-order valence-corrected chi connectivity index (χ1v) is 4.83. The number of nitro benzene ring substituents is 1. The lowest BCUT2D eigenvalue weighted by molar-refractivity contribution is -0.384. The molecular weight excluding hydrogens is 226 g/mol. The molecule has 17 heavy (non-hydrogen) atoms. The van der Waals surface area contributed by atoms with Crippen LogP contribution in [-0.2, 0) is 4.74 Å². The SMILES string of the molecule is CCOC(=O)N/N=C/c1cccc([N+](=O)[O-])c1. The molecule has 1 aromatic rings. The number of amides is 1. The molecule has 0 saturated heterocycles. The topological polar surface area (TPSA) is 93.8 Å². The number of non-ortho nitro benzene ring substituents is 1. The van der Waals surface area contributed by atoms with E-state index in [0.717, 1.165) is 0 Å². The highest BCUT2D eigenvalue weighted by Crippen LogP contribution is 2.11. The Bertz CT molecular complexity index is 445. The fourth-order valence-electron chi connectivity index (χ4n) is 1.04. The van der Waals surface area contributed by atoms with Gasteiger partial charge in [0.1, 0.15) is 0 Å². The summed E-state index contributed by atoms with van der Waals surface area (Å²) in [5.74, 6) is 0. The van der Waals surface area contributed by atoms with Gasteiger partial charge >= 0.3 is 6.09 Å². The van der Waals surface area contributed by atoms with Crippen molar-refractivity contribution in [3.05, 3.63) is 39.9 Å². The van der Waals surface area contributed by atoms with Crippen molar-refractivity contribution in [2.45, 2.75) is 6.92 Å². The molecule has 0 radical (unpaired) electrons. The summed E-state index contributed by atoms with van der Waals surface area (Å²) in [4.78, 5) is 20.8. The number of hydrogen-bond acceptors (Lipinski definition) is 5. The molecule has 0 atom stereocenters. The maximum Gasteiger partial charge on any atom is 0.427 e. The molecule has 0 aliphatic carbocycles. The molecule has 0 aliphatic rings. The summed E-state index contributed by atoms with van der Waals surface area (Å²) in [6, 6.07) is 5.87. The van der Waals surface area contributed by atoms with E-state index in [2.05, 4.69) is 15.3 Å². The van der Waals surface area contributed by atoms with Gasteiger partial charge < -0.3 is 4.74 Å². The molecule has 7 nitrogen and oxygen atoms in total. The summed E-state index contributed by atoms with van der Waals surface area (Å²) in [5.41, 5.74) is 2.59. The highest BCUT2D eigenvalue weighted by atomic mass is 16.6. The molecule has 0 saturated carbocycles. The predicted octanol–water partition coefficient (Wildman–Crippen LogP) is 1.67. The number of carbonyl (C=O) groups is 1. The van der Waals surface area contributed by atoms with E-state index in [4.69, 9.17) is 0 Å². The van der Waals surface area contributed by atoms with Gasteiger partial charge in [-0.25, -0.2) is 10.2 Å². The lowest BCUT2D eigenvalue weighted by atomic mass is 10.2. The largest absolute Gasteiger partial charge is 0.449 e. The third-order valence-corrected chi connectivity index (χ3v) is 1.73. The number of benzene rings is 1. The van der Waals surface area contributed by atoms with E-state index in [9.17, 15) is 14.9 Å². The molecule has 0 aromatic heterocycles. The number of hydrazone groups is 1. The summed E-state index contributed by atoms with van der Waals surface area (Å²) in [5, 5.41) is 14.1. The zero-order valence-electron chi connectivity index (χ0n) is 9.12. The van der Waals surface area contributed by atoms with Gasteiger partial charge in [0, 0.05) is 17.7 Å². The quantitative estimate of drug-likeness (QED) is 0.489. The summed E-state index contributed by atoms with van der Waals surface area (Å²) in [6.45, 7) is 1.92. The summed E-state index contributed by atoms with van der Waals surface area (Å²) >= 11 is 0. The van der Waals surface area contributed by atoms with Crippen LogP contribution in [0.4, 0.5) is 10.5 Å². The zero-order valence-corrected chi connectivity index (χ0v) is 9.12. The Kier molecular flexibility index (Phi) is 4.61. The first kappa shape index (κ1) is 12.6. The van der Waals surface area contributed by atoms with Crippen molar-refractivity contribution in [1.29, 1.82) is 0 Å². The average molecular weight is 237 g/mol. The summed E-state index contributed by atoms with van der Waals surface area (Å²) in [7, 11) is 0. The number of hydrogen-bond donors (Lipinski definition) is 1. The number of rotatable bonds is 4. The Morgan fingerprint density at radius 3 is 3.06 bits per heavy atom. The molecule has 0 bridgehead atoms. The van der Waals surface area contributed by atoms with E-state index >= 15 is 0 Å². The molecule has 0 aliphatic heterocycles. The van der Waals surface area contributed by atoms with Crippen molar-refractivity contribution in [2.75, 3.05) is 6.61 Å². The lowest BCUT2D eigenvalue weighted by Crippen LogP contribution is -2.18. The van der Waals surface area contributed by atoms with Crippen LogP contribution < -0.4 is 5.43 Å². The number of nitrogens with zero attached hydrogens (tertiary/aromatic N) is 2. The van der Waals surface area contributed by atoms with Crippen molar-refractivity contribution in [3.63, 3.8) is 0 Å². The fraction of sp³-hybridized carbons (Fsp3) is 0.200. The molecule has 7 heteroatoms. The Labute approximate surface area is 97.2 Å². The van der Waals surface area contributed by atoms with Gasteiger partial charge in [0.15, 0.2) is 0 Å². The zero-order chi connectivity index (χ0) is 12.7. The van der Waals surface area contributed by atoms with Crippen molar-refractivity contribution < 1.29 is 14.5 Å². The van der Waals surface area contributed by atoms with E-state index < -0.39 is 11.0 Å². The standard InChI is InChI=1S/C10H11N3O4/c1-2-17-10(14)12-11-7-8-4-3-5-9(6-8)13(15)16/h3-7H,2H2,1H3,(H,12,14)/b11-7+. The van der Waals surface area contributed by atoms with Crippen molar-refractivity contribution in [3.8, 4) is 0 Å². The second-order valence-electron chi connectivity index (χ2n) is 2.94. The molecule has 1 amide bonds. The molecule has 0 unspecified atom stereocenters. The van der Waals surface area contributed by atoms with Gasteiger partial charge in [0.25, 0.3) is 5.69 Å². The molecule has 1 N–H and O–H groups in total. The summed E-state index contributed by atoms with van der Waals surface area (Å²) in [6.07, 6.45) is 0.624. The monoisotopic (exact) mass is 237 g/mol. The molecule has 1 aromatic carbocycles. The van der Waals surface area contributed by atoms with Crippen molar-refractivity contribution in [1.82, 2.24) is 5.43 Å². The van der Waals surface area contributed by atoms with Crippen molar-refractivity contribution in [2.24, 2.45) is 5.10 Å². The molecular formula is C10H11N3O4. The average Bonchev–Trinajstić information content (AvgIpc) is 2.30. The molecule has 0 spiro atoms. The highest BCUT2D eigenvalue weighted by molar-refractivity contribution is 5.81. The molecule has 0 heterocycles. The fourth-order valence-corrected chi connectivity index (χ4v) is 1.04. The van der Waals surface area contributed by atoms with Gasteiger partial charge in [-0.05, 0) is 6.92 Å². The summed E-state index contributed by atoms with van der Waals surface area (Å²) < 4.78 is 4.57. The van der Waals surface area contributed by atoms with Crippen molar-refractivity contribution >= 4 is 18.0 Å². The predicted molar refractivity (Wildman–Crippen MR) is 60.8 cm³/mol. The Morgan fingerprint density at radius 2 is 2.41 bits per heavy atom. The normalized spacial score (nSPS) is 10.2. The molecule has 0 fully saturated rings. The van der Waals surface area contributed by atoms with E-state index in [1.54, 1.807) is 13.0 Å². The number of ether oxygens (including phenoxy) is 1. The minimum Gasteiger partial charge on any atom is -0.449 e. The van der Waals surface area contributed by atoms with Crippen LogP contribution in [0.15, 0.2) is 29.4 Å². The second kappa shape index (κ2) is 6.21. The van der Waals surface area contributed by atoms with Crippen LogP contribution in [0.25, 0.3) is 0 Å². The van der Waals surface area contributed by atoms with E-state index in [-0.39, 0.29) is 12.3 Å². The van der Waals surface area contributed by atoms with Crippen LogP contribution in [0.2, 0.25) is 0 Å². The highest BCUT2D eigenvalue weighted by Gasteiger charge is 2.04. The van der Waals surface area contributed by atoms with Crippen LogP contribution in [0.1, 0.15) is 12.5 Å². The Balaban J connectivity index is 2.62. The van der Waals surface area contributed by atoms with Gasteiger partial charge in [-0.1, -0.05) is 12.1 Å². The van der Waals surface area contributed by atoms with Gasteiger partial charge in [-0.2, -0.15) is 5.10 Å². The first-order chi connectivity index (χ1) is 8.13. The number of carbonyl (C=O) groups excluding carboxylic acids is 1. The van der Waals surface area contributed by atoms with E-state index in [0.29, 0.717) is 5.56 Å². The van der Waals surface area contributed by atoms with Crippen LogP contribution in [-0.4, -0.2) is 23.8 Å². The number of nitro groups is 1. The minimum atomic E-state index is -0.672. The maximum absolute atomic E-state index is 10.9. The first-order valence-electron chi connectivity index (χ1n) is 4.83. The van der Waals surface area contributed by atoms with Gasteiger partial charge in [-0.3, -0.25) is 10.1 Å². The Hall–Kier alpha value is -2.44. The molecule has 90 valence electrons. The lowest BCUT2D eigenvalue weighted by Gasteiger charge is -1.98. The van der Waals surface area contributed by atoms with Crippen LogP contribution in [0.5, 0.6) is 0 Å². The maximum atomic E-state index is 10.9. The van der Waals surface area contributed by atoms with Gasteiger partial charge in [0.2, 0.25) is 0 Å². The number of nitrogens with one attached hydrogen (secondary N) is 1. The smallest absolute Gasteiger partial charge is 0.427 e. The van der Waals surface area contributed by atoms with Crippen LogP contribution in [0, 0.1) is 10.1 Å². The minimum absolute atomic E-state index is 0.0370. The van der Waals surface area contributed by atoms with E-state index in [1.807, 2.05) is 0 Å². The van der Waals surface area contributed by atoms with E-state index in [1.165, 1.54) is 24.4 Å². The van der Waals surface area contributed by atoms with Gasteiger partial charge in [0.05, 0.1) is 17.7 Å².